The lowest BCUT2D eigenvalue weighted by Crippen LogP contribution is -2.26. The molecule has 0 aliphatic heterocycles. The molecule has 0 spiro atoms. The van der Waals surface area contributed by atoms with E-state index in [0.29, 0.717) is 17.6 Å². The average molecular weight is 220 g/mol. The van der Waals surface area contributed by atoms with Gasteiger partial charge in [-0.15, -0.1) is 0 Å². The normalized spacial score (nSPS) is 52.2. The molecule has 0 radical (unpaired) electrons. The minimum atomic E-state index is 0.462. The Labute approximate surface area is 99.0 Å². The molecule has 0 aromatic heterocycles. The summed E-state index contributed by atoms with van der Waals surface area (Å²) < 4.78 is 0. The molecule has 3 aliphatic carbocycles. The Bertz CT molecular complexity index is 268. The van der Waals surface area contributed by atoms with Crippen molar-refractivity contribution >= 4 is 5.78 Å². The number of Topliss-reactive ketones (excluding diaryl/α,β-unsaturated/α-hetero) is 1. The minimum Gasteiger partial charge on any atom is -0.299 e. The van der Waals surface area contributed by atoms with Crippen LogP contribution >= 0.6 is 0 Å². The van der Waals surface area contributed by atoms with Crippen molar-refractivity contribution in [1.29, 1.82) is 0 Å². The number of rotatable bonds is 0. The second kappa shape index (κ2) is 3.85. The molecule has 0 N–H and O–H groups in total. The van der Waals surface area contributed by atoms with Crippen LogP contribution in [0.2, 0.25) is 0 Å². The monoisotopic (exact) mass is 220 g/mol. The van der Waals surface area contributed by atoms with Gasteiger partial charge in [0.2, 0.25) is 0 Å². The maximum atomic E-state index is 12.5. The van der Waals surface area contributed by atoms with Crippen LogP contribution < -0.4 is 0 Å². The van der Waals surface area contributed by atoms with Crippen LogP contribution in [0.25, 0.3) is 0 Å². The van der Waals surface area contributed by atoms with Crippen molar-refractivity contribution in [2.45, 2.75) is 52.4 Å². The molecule has 1 heteroatoms. The molecule has 3 rings (SSSR count). The van der Waals surface area contributed by atoms with Gasteiger partial charge in [-0.25, -0.2) is 0 Å². The average Bonchev–Trinajstić information content (AvgIpc) is 2.53. The lowest BCUT2D eigenvalue weighted by Gasteiger charge is -2.34. The summed E-state index contributed by atoms with van der Waals surface area (Å²) in [5.74, 6) is 4.73. The zero-order valence-corrected chi connectivity index (χ0v) is 10.6. The smallest absolute Gasteiger partial charge is 0.139 e. The SMILES string of the molecule is CC1CCC2C(C1)C(=O)C1CC(C)CCC12. The van der Waals surface area contributed by atoms with Gasteiger partial charge in [0.25, 0.3) is 0 Å². The Morgan fingerprint density at radius 3 is 1.69 bits per heavy atom. The van der Waals surface area contributed by atoms with Crippen LogP contribution in [0.3, 0.4) is 0 Å². The van der Waals surface area contributed by atoms with Crippen molar-refractivity contribution < 1.29 is 4.79 Å². The maximum absolute atomic E-state index is 12.5. The minimum absolute atomic E-state index is 0.462. The van der Waals surface area contributed by atoms with Crippen molar-refractivity contribution in [1.82, 2.24) is 0 Å². The van der Waals surface area contributed by atoms with Gasteiger partial charge in [0.1, 0.15) is 5.78 Å². The molecule has 3 aliphatic rings. The summed E-state index contributed by atoms with van der Waals surface area (Å²) in [5, 5.41) is 0. The van der Waals surface area contributed by atoms with Gasteiger partial charge in [0.15, 0.2) is 0 Å². The van der Waals surface area contributed by atoms with E-state index in [1.165, 1.54) is 38.5 Å². The Morgan fingerprint density at radius 2 is 1.25 bits per heavy atom. The number of carbonyl (C=O) groups is 1. The second-order valence-electron chi connectivity index (χ2n) is 6.78. The third-order valence-corrected chi connectivity index (χ3v) is 5.61. The Kier molecular flexibility index (Phi) is 2.60. The van der Waals surface area contributed by atoms with Crippen LogP contribution in [-0.2, 0) is 4.79 Å². The summed E-state index contributed by atoms with van der Waals surface area (Å²) in [4.78, 5) is 12.5. The fraction of sp³-hybridized carbons (Fsp3) is 0.933. The molecule has 6 atom stereocenters. The molecule has 0 saturated heterocycles. The van der Waals surface area contributed by atoms with Crippen LogP contribution in [0.1, 0.15) is 52.4 Å². The van der Waals surface area contributed by atoms with Gasteiger partial charge in [-0.1, -0.05) is 26.7 Å². The van der Waals surface area contributed by atoms with Crippen LogP contribution in [0, 0.1) is 35.5 Å². The first-order chi connectivity index (χ1) is 7.66. The van der Waals surface area contributed by atoms with E-state index >= 15 is 0 Å². The van der Waals surface area contributed by atoms with E-state index in [-0.39, 0.29) is 0 Å². The van der Waals surface area contributed by atoms with E-state index < -0.39 is 0 Å². The number of carbonyl (C=O) groups excluding carboxylic acids is 1. The number of hydrogen-bond donors (Lipinski definition) is 0. The van der Waals surface area contributed by atoms with E-state index in [4.69, 9.17) is 0 Å². The predicted molar refractivity (Wildman–Crippen MR) is 65.0 cm³/mol. The first-order valence-electron chi connectivity index (χ1n) is 7.20. The van der Waals surface area contributed by atoms with Crippen LogP contribution in [-0.4, -0.2) is 5.78 Å². The number of hydrogen-bond acceptors (Lipinski definition) is 1. The van der Waals surface area contributed by atoms with Gasteiger partial charge < -0.3 is 0 Å². The molecule has 0 bridgehead atoms. The molecular weight excluding hydrogens is 196 g/mol. The number of fused-ring (bicyclic) bond motifs is 3. The Balaban J connectivity index is 1.82. The van der Waals surface area contributed by atoms with E-state index in [2.05, 4.69) is 13.8 Å². The van der Waals surface area contributed by atoms with Gasteiger partial charge in [-0.05, 0) is 49.4 Å². The van der Waals surface area contributed by atoms with Gasteiger partial charge in [0.05, 0.1) is 0 Å². The highest BCUT2D eigenvalue weighted by atomic mass is 16.1. The standard InChI is InChI=1S/C15H24O/c1-9-3-5-11-12-6-4-10(2)8-14(12)15(16)13(11)7-9/h9-14H,3-8H2,1-2H3. The van der Waals surface area contributed by atoms with E-state index in [1.807, 2.05) is 0 Å². The van der Waals surface area contributed by atoms with Crippen LogP contribution in [0.5, 0.6) is 0 Å². The van der Waals surface area contributed by atoms with E-state index in [0.717, 1.165) is 23.7 Å². The largest absolute Gasteiger partial charge is 0.299 e. The summed E-state index contributed by atoms with van der Waals surface area (Å²) in [5.41, 5.74) is 0. The van der Waals surface area contributed by atoms with Gasteiger partial charge >= 0.3 is 0 Å². The Morgan fingerprint density at radius 1 is 0.812 bits per heavy atom. The highest BCUT2D eigenvalue weighted by Gasteiger charge is 2.52. The molecular formula is C15H24O. The molecule has 90 valence electrons. The quantitative estimate of drug-likeness (QED) is 0.608. The first-order valence-corrected chi connectivity index (χ1v) is 7.20. The zero-order valence-electron chi connectivity index (χ0n) is 10.6. The molecule has 16 heavy (non-hydrogen) atoms. The van der Waals surface area contributed by atoms with E-state index in [9.17, 15) is 4.79 Å². The molecule has 1 nitrogen and oxygen atoms in total. The third-order valence-electron chi connectivity index (χ3n) is 5.61. The maximum Gasteiger partial charge on any atom is 0.139 e. The summed E-state index contributed by atoms with van der Waals surface area (Å²) in [6.45, 7) is 4.65. The van der Waals surface area contributed by atoms with Crippen molar-refractivity contribution in [3.05, 3.63) is 0 Å². The zero-order chi connectivity index (χ0) is 11.3. The Hall–Kier alpha value is -0.330. The fourth-order valence-corrected chi connectivity index (χ4v) is 4.76. The number of ketones is 1. The molecule has 6 unspecified atom stereocenters. The topological polar surface area (TPSA) is 17.1 Å². The lowest BCUT2D eigenvalue weighted by atomic mass is 9.70. The predicted octanol–water partition coefficient (Wildman–Crippen LogP) is 3.67. The lowest BCUT2D eigenvalue weighted by molar-refractivity contribution is -0.126. The van der Waals surface area contributed by atoms with Gasteiger partial charge in [-0.2, -0.15) is 0 Å². The summed E-state index contributed by atoms with van der Waals surface area (Å²) >= 11 is 0. The molecule has 0 aromatic carbocycles. The summed E-state index contributed by atoms with van der Waals surface area (Å²) in [7, 11) is 0. The molecule has 0 aromatic rings. The highest BCUT2D eigenvalue weighted by molar-refractivity contribution is 5.86. The fourth-order valence-electron chi connectivity index (χ4n) is 4.76. The van der Waals surface area contributed by atoms with Crippen molar-refractivity contribution in [2.24, 2.45) is 35.5 Å². The van der Waals surface area contributed by atoms with Crippen molar-refractivity contribution in [3.8, 4) is 0 Å². The van der Waals surface area contributed by atoms with Crippen molar-refractivity contribution in [2.75, 3.05) is 0 Å². The van der Waals surface area contributed by atoms with Gasteiger partial charge in [0, 0.05) is 11.8 Å². The second-order valence-corrected chi connectivity index (χ2v) is 6.78. The molecule has 0 amide bonds. The van der Waals surface area contributed by atoms with Crippen LogP contribution in [0.15, 0.2) is 0 Å². The molecule has 3 saturated carbocycles. The summed E-state index contributed by atoms with van der Waals surface area (Å²) in [6, 6.07) is 0. The molecule has 0 heterocycles. The summed E-state index contributed by atoms with van der Waals surface area (Å²) in [6.07, 6.45) is 7.82. The van der Waals surface area contributed by atoms with Gasteiger partial charge in [-0.3, -0.25) is 4.79 Å². The van der Waals surface area contributed by atoms with Crippen molar-refractivity contribution in [3.63, 3.8) is 0 Å². The third kappa shape index (κ3) is 1.55. The van der Waals surface area contributed by atoms with Crippen LogP contribution in [0.4, 0.5) is 0 Å². The highest BCUT2D eigenvalue weighted by Crippen LogP contribution is 2.53. The van der Waals surface area contributed by atoms with E-state index in [1.54, 1.807) is 0 Å². The first kappa shape index (κ1) is 10.8. The molecule has 3 fully saturated rings.